The Morgan fingerprint density at radius 3 is 2.47 bits per heavy atom. The highest BCUT2D eigenvalue weighted by molar-refractivity contribution is 5.45. The van der Waals surface area contributed by atoms with Gasteiger partial charge in [0, 0.05) is 24.3 Å². The van der Waals surface area contributed by atoms with Crippen LogP contribution in [0.3, 0.4) is 0 Å². The van der Waals surface area contributed by atoms with Crippen LogP contribution in [0.2, 0.25) is 0 Å². The van der Waals surface area contributed by atoms with E-state index in [0.29, 0.717) is 12.1 Å². The predicted molar refractivity (Wildman–Crippen MR) is 65.3 cm³/mol. The first-order chi connectivity index (χ1) is 7.15. The monoisotopic (exact) mass is 204 g/mol. The van der Waals surface area contributed by atoms with Crippen molar-refractivity contribution in [2.24, 2.45) is 0 Å². The first-order valence-corrected chi connectivity index (χ1v) is 5.68. The van der Waals surface area contributed by atoms with E-state index in [4.69, 9.17) is 0 Å². The van der Waals surface area contributed by atoms with Gasteiger partial charge in [-0.2, -0.15) is 0 Å². The highest BCUT2D eigenvalue weighted by Gasteiger charge is 2.25. The van der Waals surface area contributed by atoms with Gasteiger partial charge in [0.1, 0.15) is 0 Å². The van der Waals surface area contributed by atoms with Crippen LogP contribution in [0.4, 0.5) is 5.69 Å². The van der Waals surface area contributed by atoms with Crippen LogP contribution in [0.5, 0.6) is 0 Å². The summed E-state index contributed by atoms with van der Waals surface area (Å²) in [5, 5.41) is 3.59. The lowest BCUT2D eigenvalue weighted by Gasteiger charge is -2.14. The number of anilines is 1. The van der Waals surface area contributed by atoms with Crippen molar-refractivity contribution >= 4 is 5.69 Å². The molecule has 2 nitrogen and oxygen atoms in total. The molecule has 0 aliphatic carbocycles. The molecule has 0 aromatic heterocycles. The number of likely N-dealkylation sites (N-methyl/N-ethyl adjacent to an activating group) is 1. The molecular formula is C13H20N2. The van der Waals surface area contributed by atoms with Crippen molar-refractivity contribution in [1.82, 2.24) is 4.90 Å². The van der Waals surface area contributed by atoms with E-state index in [1.165, 1.54) is 17.7 Å². The molecule has 0 spiro atoms. The zero-order chi connectivity index (χ0) is 10.8. The molecule has 0 radical (unpaired) electrons. The number of rotatable bonds is 2. The molecule has 1 aromatic carbocycles. The van der Waals surface area contributed by atoms with Crippen molar-refractivity contribution in [3.05, 3.63) is 29.8 Å². The first-order valence-electron chi connectivity index (χ1n) is 5.68. The highest BCUT2D eigenvalue weighted by atomic mass is 15.2. The molecule has 2 rings (SSSR count). The van der Waals surface area contributed by atoms with Gasteiger partial charge < -0.3 is 10.2 Å². The molecule has 1 N–H and O–H groups in total. The summed E-state index contributed by atoms with van der Waals surface area (Å²) in [5.41, 5.74) is 2.56. The Hall–Kier alpha value is -1.02. The van der Waals surface area contributed by atoms with E-state index in [0.717, 1.165) is 6.54 Å². The largest absolute Gasteiger partial charge is 0.381 e. The van der Waals surface area contributed by atoms with Crippen LogP contribution >= 0.6 is 0 Å². The number of hydrogen-bond acceptors (Lipinski definition) is 2. The molecule has 1 heterocycles. The van der Waals surface area contributed by atoms with E-state index in [1.807, 2.05) is 0 Å². The Bertz CT molecular complexity index is 308. The number of nitrogens with zero attached hydrogens (tertiary/aromatic N) is 1. The average molecular weight is 204 g/mol. The summed E-state index contributed by atoms with van der Waals surface area (Å²) in [6.45, 7) is 5.56. The molecule has 1 aliphatic rings. The second kappa shape index (κ2) is 4.23. The van der Waals surface area contributed by atoms with Gasteiger partial charge in [-0.1, -0.05) is 17.7 Å². The fourth-order valence-corrected chi connectivity index (χ4v) is 2.18. The summed E-state index contributed by atoms with van der Waals surface area (Å²) in [6, 6.07) is 9.95. The van der Waals surface area contributed by atoms with E-state index in [2.05, 4.69) is 55.4 Å². The molecule has 2 heteroatoms. The van der Waals surface area contributed by atoms with E-state index < -0.39 is 0 Å². The maximum atomic E-state index is 3.59. The van der Waals surface area contributed by atoms with E-state index in [1.54, 1.807) is 0 Å². The Kier molecular flexibility index (Phi) is 2.96. The molecule has 1 saturated heterocycles. The van der Waals surface area contributed by atoms with E-state index >= 15 is 0 Å². The predicted octanol–water partition coefficient (Wildman–Crippen LogP) is 2.50. The van der Waals surface area contributed by atoms with Gasteiger partial charge in [0.2, 0.25) is 0 Å². The molecule has 1 aromatic rings. The Morgan fingerprint density at radius 1 is 1.27 bits per heavy atom. The number of aryl methyl sites for hydroxylation is 1. The van der Waals surface area contributed by atoms with Gasteiger partial charge in [-0.15, -0.1) is 0 Å². The van der Waals surface area contributed by atoms with Crippen molar-refractivity contribution in [3.8, 4) is 0 Å². The average Bonchev–Trinajstić information content (AvgIpc) is 2.50. The Morgan fingerprint density at radius 2 is 1.93 bits per heavy atom. The van der Waals surface area contributed by atoms with Crippen LogP contribution in [-0.4, -0.2) is 30.6 Å². The number of likely N-dealkylation sites (tertiary alicyclic amines) is 1. The van der Waals surface area contributed by atoms with Crippen molar-refractivity contribution in [3.63, 3.8) is 0 Å². The summed E-state index contributed by atoms with van der Waals surface area (Å²) in [5.74, 6) is 0. The first kappa shape index (κ1) is 10.5. The molecule has 1 fully saturated rings. The molecule has 0 saturated carbocycles. The van der Waals surface area contributed by atoms with Crippen LogP contribution in [0.1, 0.15) is 18.9 Å². The summed E-state index contributed by atoms with van der Waals surface area (Å²) in [4.78, 5) is 2.41. The van der Waals surface area contributed by atoms with Crippen molar-refractivity contribution in [2.75, 3.05) is 18.9 Å². The third kappa shape index (κ3) is 2.51. The minimum atomic E-state index is 0.604. The van der Waals surface area contributed by atoms with Gasteiger partial charge in [0.05, 0.1) is 0 Å². The van der Waals surface area contributed by atoms with E-state index in [-0.39, 0.29) is 0 Å². The second-order valence-corrected chi connectivity index (χ2v) is 4.73. The normalized spacial score (nSPS) is 26.9. The quantitative estimate of drug-likeness (QED) is 0.796. The highest BCUT2D eigenvalue weighted by Crippen LogP contribution is 2.19. The van der Waals surface area contributed by atoms with Crippen molar-refractivity contribution in [1.29, 1.82) is 0 Å². The summed E-state index contributed by atoms with van der Waals surface area (Å²) >= 11 is 0. The number of benzene rings is 1. The lowest BCUT2D eigenvalue weighted by molar-refractivity contribution is 0.330. The van der Waals surface area contributed by atoms with Crippen LogP contribution in [-0.2, 0) is 0 Å². The van der Waals surface area contributed by atoms with Gasteiger partial charge in [0.25, 0.3) is 0 Å². The minimum Gasteiger partial charge on any atom is -0.381 e. The molecule has 2 atom stereocenters. The molecule has 0 amide bonds. The smallest absolute Gasteiger partial charge is 0.0403 e. The number of nitrogens with one attached hydrogen (secondary N) is 1. The topological polar surface area (TPSA) is 15.3 Å². The molecule has 0 bridgehead atoms. The third-order valence-corrected chi connectivity index (χ3v) is 3.31. The summed E-state index contributed by atoms with van der Waals surface area (Å²) < 4.78 is 0. The fourth-order valence-electron chi connectivity index (χ4n) is 2.18. The second-order valence-electron chi connectivity index (χ2n) is 4.73. The summed E-state index contributed by atoms with van der Waals surface area (Å²) in [7, 11) is 2.20. The zero-order valence-electron chi connectivity index (χ0n) is 9.83. The molecule has 15 heavy (non-hydrogen) atoms. The van der Waals surface area contributed by atoms with Crippen LogP contribution in [0.25, 0.3) is 0 Å². The zero-order valence-corrected chi connectivity index (χ0v) is 9.83. The maximum absolute atomic E-state index is 3.59. The fraction of sp³-hybridized carbons (Fsp3) is 0.538. The van der Waals surface area contributed by atoms with Gasteiger partial charge in [-0.25, -0.2) is 0 Å². The SMILES string of the molecule is Cc1ccc(NC2CC(C)N(C)C2)cc1. The Balaban J connectivity index is 1.95. The summed E-state index contributed by atoms with van der Waals surface area (Å²) in [6.07, 6.45) is 1.24. The van der Waals surface area contributed by atoms with Gasteiger partial charge in [-0.05, 0) is 39.4 Å². The van der Waals surface area contributed by atoms with Crippen LogP contribution < -0.4 is 5.32 Å². The maximum Gasteiger partial charge on any atom is 0.0403 e. The Labute approximate surface area is 92.3 Å². The third-order valence-electron chi connectivity index (χ3n) is 3.31. The van der Waals surface area contributed by atoms with Crippen LogP contribution in [0, 0.1) is 6.92 Å². The molecule has 1 aliphatic heterocycles. The molecular weight excluding hydrogens is 184 g/mol. The standard InChI is InChI=1S/C13H20N2/c1-10-4-6-12(7-5-10)14-13-8-11(2)15(3)9-13/h4-7,11,13-14H,8-9H2,1-3H3. The lowest BCUT2D eigenvalue weighted by atomic mass is 10.1. The van der Waals surface area contributed by atoms with Gasteiger partial charge in [0.15, 0.2) is 0 Å². The molecule has 82 valence electrons. The molecule has 2 unspecified atom stereocenters. The van der Waals surface area contributed by atoms with Crippen LogP contribution in [0.15, 0.2) is 24.3 Å². The van der Waals surface area contributed by atoms with Crippen molar-refractivity contribution < 1.29 is 0 Å². The lowest BCUT2D eigenvalue weighted by Crippen LogP contribution is -2.24. The van der Waals surface area contributed by atoms with E-state index in [9.17, 15) is 0 Å². The van der Waals surface area contributed by atoms with Crippen molar-refractivity contribution in [2.45, 2.75) is 32.4 Å². The van der Waals surface area contributed by atoms with Gasteiger partial charge >= 0.3 is 0 Å². The number of hydrogen-bond donors (Lipinski definition) is 1. The minimum absolute atomic E-state index is 0.604. The van der Waals surface area contributed by atoms with Gasteiger partial charge in [-0.3, -0.25) is 0 Å².